The van der Waals surface area contributed by atoms with E-state index >= 15 is 0 Å². The van der Waals surface area contributed by atoms with Crippen molar-refractivity contribution in [1.29, 1.82) is 0 Å². The van der Waals surface area contributed by atoms with Crippen LogP contribution >= 0.6 is 12.6 Å². The van der Waals surface area contributed by atoms with Gasteiger partial charge >= 0.3 is 6.01 Å². The summed E-state index contributed by atoms with van der Waals surface area (Å²) >= 11 is 4.28. The maximum absolute atomic E-state index is 12.1. The Labute approximate surface area is 170 Å². The van der Waals surface area contributed by atoms with Crippen molar-refractivity contribution in [2.24, 2.45) is 10.2 Å². The standard InChI is InChI=1S/C18H18N8O2S/c1-9(2)16-19-18(28-25-16)23-21-15-14(12-7-5-4-6-11(12)10(3)27)24-26-13(8-29)20-22-17(15)26/h4-7,9,22,29H,8H2,1-3H3/b23-21+. The van der Waals surface area contributed by atoms with Crippen molar-refractivity contribution in [1.82, 2.24) is 30.0 Å². The molecule has 0 saturated carbocycles. The third-order valence-electron chi connectivity index (χ3n) is 4.28. The lowest BCUT2D eigenvalue weighted by Gasteiger charge is -2.04. The number of hydrogen-bond donors (Lipinski definition) is 2. The second-order valence-electron chi connectivity index (χ2n) is 6.65. The van der Waals surface area contributed by atoms with Crippen LogP contribution in [-0.4, -0.2) is 35.7 Å². The summed E-state index contributed by atoms with van der Waals surface area (Å²) in [6, 6.07) is 7.23. The molecule has 0 aliphatic rings. The van der Waals surface area contributed by atoms with Crippen molar-refractivity contribution in [3.05, 3.63) is 41.5 Å². The van der Waals surface area contributed by atoms with Crippen molar-refractivity contribution >= 4 is 35.8 Å². The van der Waals surface area contributed by atoms with Crippen LogP contribution < -0.4 is 0 Å². The van der Waals surface area contributed by atoms with E-state index in [1.807, 2.05) is 26.0 Å². The number of nitrogens with zero attached hydrogens (tertiary/aromatic N) is 7. The largest absolute Gasteiger partial charge is 0.366 e. The Balaban J connectivity index is 1.88. The number of fused-ring (bicyclic) bond motifs is 1. The number of benzene rings is 1. The number of aromatic amines is 1. The zero-order valence-electron chi connectivity index (χ0n) is 16.0. The molecule has 4 rings (SSSR count). The molecule has 1 N–H and O–H groups in total. The average Bonchev–Trinajstić information content (AvgIpc) is 3.41. The van der Waals surface area contributed by atoms with Crippen molar-refractivity contribution in [3.63, 3.8) is 0 Å². The Morgan fingerprint density at radius 1 is 1.31 bits per heavy atom. The molecule has 29 heavy (non-hydrogen) atoms. The first kappa shape index (κ1) is 19.0. The number of H-pyrrole nitrogens is 1. The normalized spacial score (nSPS) is 11.9. The second kappa shape index (κ2) is 7.59. The van der Waals surface area contributed by atoms with Gasteiger partial charge in [0.05, 0.1) is 5.75 Å². The molecule has 0 aliphatic carbocycles. The summed E-state index contributed by atoms with van der Waals surface area (Å²) in [5, 5.41) is 23.9. The molecule has 10 nitrogen and oxygen atoms in total. The fourth-order valence-electron chi connectivity index (χ4n) is 2.83. The lowest BCUT2D eigenvalue weighted by Crippen LogP contribution is -1.97. The van der Waals surface area contributed by atoms with Gasteiger partial charge in [-0.1, -0.05) is 48.4 Å². The molecule has 0 bridgehead atoms. The van der Waals surface area contributed by atoms with E-state index in [4.69, 9.17) is 4.52 Å². The summed E-state index contributed by atoms with van der Waals surface area (Å²) < 4.78 is 6.73. The number of thiol groups is 1. The number of Topliss-reactive ketones (excluding diaryl/α,β-unsaturated/α-hetero) is 1. The van der Waals surface area contributed by atoms with Gasteiger partial charge in [-0.25, -0.2) is 0 Å². The van der Waals surface area contributed by atoms with Crippen LogP contribution in [0.1, 0.15) is 48.7 Å². The number of azo groups is 1. The van der Waals surface area contributed by atoms with Crippen molar-refractivity contribution in [2.75, 3.05) is 0 Å². The molecule has 11 heteroatoms. The van der Waals surface area contributed by atoms with Gasteiger partial charge in [-0.05, 0) is 6.92 Å². The van der Waals surface area contributed by atoms with E-state index in [0.29, 0.717) is 45.6 Å². The maximum atomic E-state index is 12.1. The fourth-order valence-corrected chi connectivity index (χ4v) is 3.04. The first-order valence-electron chi connectivity index (χ1n) is 8.92. The molecule has 0 spiro atoms. The highest BCUT2D eigenvalue weighted by molar-refractivity contribution is 7.79. The average molecular weight is 410 g/mol. The van der Waals surface area contributed by atoms with Gasteiger partial charge in [0.15, 0.2) is 28.8 Å². The zero-order valence-corrected chi connectivity index (χ0v) is 16.9. The van der Waals surface area contributed by atoms with Crippen LogP contribution in [-0.2, 0) is 5.75 Å². The predicted octanol–water partition coefficient (Wildman–Crippen LogP) is 4.28. The van der Waals surface area contributed by atoms with Crippen molar-refractivity contribution in [2.45, 2.75) is 32.4 Å². The minimum atomic E-state index is -0.0776. The van der Waals surface area contributed by atoms with Gasteiger partial charge in [-0.15, -0.1) is 5.11 Å². The summed E-state index contributed by atoms with van der Waals surface area (Å²) in [6.07, 6.45) is 0. The third-order valence-corrected chi connectivity index (χ3v) is 4.56. The highest BCUT2D eigenvalue weighted by Gasteiger charge is 2.22. The Hall–Kier alpha value is -3.34. The number of carbonyl (C=O) groups is 1. The Morgan fingerprint density at radius 2 is 2.10 bits per heavy atom. The van der Waals surface area contributed by atoms with Gasteiger partial charge in [-0.2, -0.15) is 32.3 Å². The first-order chi connectivity index (χ1) is 14.0. The zero-order chi connectivity index (χ0) is 20.5. The molecule has 4 aromatic rings. The van der Waals surface area contributed by atoms with E-state index in [1.165, 1.54) is 6.92 Å². The quantitative estimate of drug-likeness (QED) is 0.277. The van der Waals surface area contributed by atoms with E-state index < -0.39 is 0 Å². The van der Waals surface area contributed by atoms with Crippen molar-refractivity contribution in [3.8, 4) is 11.3 Å². The lowest BCUT2D eigenvalue weighted by atomic mass is 10.0. The number of ketones is 1. The molecule has 0 radical (unpaired) electrons. The smallest absolute Gasteiger partial charge is 0.311 e. The lowest BCUT2D eigenvalue weighted by molar-refractivity contribution is 0.101. The van der Waals surface area contributed by atoms with Crippen molar-refractivity contribution < 1.29 is 9.32 Å². The van der Waals surface area contributed by atoms with Crippen LogP contribution in [0, 0.1) is 0 Å². The second-order valence-corrected chi connectivity index (χ2v) is 6.96. The first-order valence-corrected chi connectivity index (χ1v) is 9.55. The summed E-state index contributed by atoms with van der Waals surface area (Å²) in [5.41, 5.74) is 2.59. The van der Waals surface area contributed by atoms with E-state index in [2.05, 4.69) is 48.3 Å². The van der Waals surface area contributed by atoms with E-state index in [-0.39, 0.29) is 17.7 Å². The summed E-state index contributed by atoms with van der Waals surface area (Å²) in [6.45, 7) is 5.41. The van der Waals surface area contributed by atoms with E-state index in [1.54, 1.807) is 16.6 Å². The molecular weight excluding hydrogens is 392 g/mol. The predicted molar refractivity (Wildman–Crippen MR) is 108 cm³/mol. The third kappa shape index (κ3) is 3.44. The van der Waals surface area contributed by atoms with Crippen LogP contribution in [0.25, 0.3) is 16.9 Å². The summed E-state index contributed by atoms with van der Waals surface area (Å²) in [5.74, 6) is 1.54. The minimum Gasteiger partial charge on any atom is -0.311 e. The van der Waals surface area contributed by atoms with E-state index in [0.717, 1.165) is 0 Å². The molecule has 1 aromatic carbocycles. The molecular formula is C18H18N8O2S. The van der Waals surface area contributed by atoms with Crippen LogP contribution in [0.3, 0.4) is 0 Å². The molecule has 0 fully saturated rings. The fraction of sp³-hybridized carbons (Fsp3) is 0.278. The van der Waals surface area contributed by atoms with Gasteiger partial charge in [0.1, 0.15) is 5.69 Å². The SMILES string of the molecule is CC(=O)c1ccccc1-c1nn2c(CS)n[nH]c2c1/N=N/c1nc(C(C)C)no1. The molecule has 3 aromatic heterocycles. The Kier molecular flexibility index (Phi) is 4.97. The maximum Gasteiger partial charge on any atom is 0.366 e. The van der Waals surface area contributed by atoms with Gasteiger partial charge in [0.25, 0.3) is 0 Å². The highest BCUT2D eigenvalue weighted by atomic mass is 32.1. The molecule has 0 amide bonds. The van der Waals surface area contributed by atoms with Crippen LogP contribution in [0.4, 0.5) is 11.7 Å². The topological polar surface area (TPSA) is 127 Å². The number of nitrogens with one attached hydrogen (secondary N) is 1. The minimum absolute atomic E-state index is 0.0350. The van der Waals surface area contributed by atoms with Gasteiger partial charge in [0.2, 0.25) is 0 Å². The molecule has 0 aliphatic heterocycles. The monoisotopic (exact) mass is 410 g/mol. The summed E-state index contributed by atoms with van der Waals surface area (Å²) in [4.78, 5) is 16.3. The van der Waals surface area contributed by atoms with Crippen LogP contribution in [0.2, 0.25) is 0 Å². The number of hydrogen-bond acceptors (Lipinski definition) is 9. The van der Waals surface area contributed by atoms with Gasteiger partial charge < -0.3 is 4.52 Å². The van der Waals surface area contributed by atoms with E-state index in [9.17, 15) is 4.79 Å². The summed E-state index contributed by atoms with van der Waals surface area (Å²) in [7, 11) is 0. The molecule has 0 saturated heterocycles. The molecule has 148 valence electrons. The van der Waals surface area contributed by atoms with Crippen LogP contribution in [0.15, 0.2) is 39.0 Å². The number of rotatable bonds is 6. The molecule has 0 unspecified atom stereocenters. The molecule has 3 heterocycles. The Bertz CT molecular complexity index is 1220. The number of aromatic nitrogens is 6. The van der Waals surface area contributed by atoms with Gasteiger partial charge in [-0.3, -0.25) is 9.89 Å². The Morgan fingerprint density at radius 3 is 2.79 bits per heavy atom. The van der Waals surface area contributed by atoms with Crippen LogP contribution in [0.5, 0.6) is 0 Å². The number of carbonyl (C=O) groups excluding carboxylic acids is 1. The highest BCUT2D eigenvalue weighted by Crippen LogP contribution is 2.36. The van der Waals surface area contributed by atoms with Gasteiger partial charge in [0, 0.05) is 17.0 Å². The molecule has 0 atom stereocenters.